The molecule has 4 rings (SSSR count). The van der Waals surface area contributed by atoms with Crippen LogP contribution >= 0.6 is 11.3 Å². The van der Waals surface area contributed by atoms with E-state index in [0.29, 0.717) is 18.9 Å². The van der Waals surface area contributed by atoms with Gasteiger partial charge in [-0.15, -0.1) is 11.3 Å². The number of likely N-dealkylation sites (tertiary alicyclic amines) is 1. The first kappa shape index (κ1) is 21.6. The van der Waals surface area contributed by atoms with Gasteiger partial charge in [0.15, 0.2) is 0 Å². The van der Waals surface area contributed by atoms with Crippen molar-refractivity contribution in [1.82, 2.24) is 15.0 Å². The molecule has 7 heteroatoms. The summed E-state index contributed by atoms with van der Waals surface area (Å²) in [4.78, 5) is 17.9. The first-order chi connectivity index (χ1) is 15.2. The number of thiophene rings is 1. The lowest BCUT2D eigenvalue weighted by Crippen LogP contribution is -2.42. The number of hydrogen-bond donors (Lipinski definition) is 0. The summed E-state index contributed by atoms with van der Waals surface area (Å²) in [7, 11) is 2.06. The van der Waals surface area contributed by atoms with Gasteiger partial charge in [0.25, 0.3) is 0 Å². The Hall–Kier alpha value is -2.64. The Bertz CT molecular complexity index is 926. The molecule has 3 aromatic rings. The minimum atomic E-state index is 0.228. The molecular formula is C24H29N3O3S. The Kier molecular flexibility index (Phi) is 7.38. The van der Waals surface area contributed by atoms with E-state index in [1.807, 2.05) is 40.6 Å². The topological polar surface area (TPSA) is 58.8 Å². The van der Waals surface area contributed by atoms with Crippen molar-refractivity contribution in [3.63, 3.8) is 0 Å². The predicted octanol–water partition coefficient (Wildman–Crippen LogP) is 4.23. The van der Waals surface area contributed by atoms with Crippen LogP contribution in [0.25, 0.3) is 0 Å². The monoisotopic (exact) mass is 439 g/mol. The van der Waals surface area contributed by atoms with E-state index in [-0.39, 0.29) is 5.91 Å². The summed E-state index contributed by atoms with van der Waals surface area (Å²) in [6, 6.07) is 14.2. The summed E-state index contributed by atoms with van der Waals surface area (Å²) < 4.78 is 10.9. The van der Waals surface area contributed by atoms with Crippen LogP contribution in [0.4, 0.5) is 0 Å². The van der Waals surface area contributed by atoms with Crippen LogP contribution in [-0.2, 0) is 24.3 Å². The van der Waals surface area contributed by atoms with Gasteiger partial charge in [-0.05, 0) is 49.0 Å². The average Bonchev–Trinajstić information content (AvgIpc) is 3.48. The van der Waals surface area contributed by atoms with E-state index < -0.39 is 0 Å². The molecule has 0 aliphatic carbocycles. The van der Waals surface area contributed by atoms with Crippen LogP contribution in [0.2, 0.25) is 0 Å². The number of piperidine rings is 1. The van der Waals surface area contributed by atoms with E-state index in [1.165, 1.54) is 5.56 Å². The molecule has 0 spiro atoms. The van der Waals surface area contributed by atoms with E-state index in [1.54, 1.807) is 17.6 Å². The molecule has 0 unspecified atom stereocenters. The zero-order valence-corrected chi connectivity index (χ0v) is 18.7. The molecule has 0 saturated carbocycles. The van der Waals surface area contributed by atoms with Crippen LogP contribution in [-0.4, -0.2) is 47.6 Å². The molecule has 6 nitrogen and oxygen atoms in total. The molecule has 0 radical (unpaired) electrons. The maximum Gasteiger partial charge on any atom is 0.227 e. The van der Waals surface area contributed by atoms with Gasteiger partial charge in [0.1, 0.15) is 12.0 Å². The summed E-state index contributed by atoms with van der Waals surface area (Å²) in [6.07, 6.45) is 4.26. The van der Waals surface area contributed by atoms with E-state index in [2.05, 4.69) is 29.2 Å². The van der Waals surface area contributed by atoms with Gasteiger partial charge in [0.05, 0.1) is 18.7 Å². The number of carbonyl (C=O) groups is 1. The number of benzene rings is 1. The maximum absolute atomic E-state index is 12.6. The third kappa shape index (κ3) is 6.42. The Morgan fingerprint density at radius 3 is 2.87 bits per heavy atom. The third-order valence-electron chi connectivity index (χ3n) is 5.56. The van der Waals surface area contributed by atoms with Gasteiger partial charge in [0, 0.05) is 43.0 Å². The second kappa shape index (κ2) is 10.6. The number of amides is 1. The molecule has 1 fully saturated rings. The van der Waals surface area contributed by atoms with E-state index in [9.17, 15) is 4.79 Å². The van der Waals surface area contributed by atoms with Crippen LogP contribution in [0.3, 0.4) is 0 Å². The molecule has 164 valence electrons. The molecule has 1 amide bonds. The largest absolute Gasteiger partial charge is 0.493 e. The lowest BCUT2D eigenvalue weighted by atomic mass is 9.98. The molecule has 3 heterocycles. The Morgan fingerprint density at radius 2 is 2.13 bits per heavy atom. The van der Waals surface area contributed by atoms with Crippen LogP contribution in [0.5, 0.6) is 5.75 Å². The Labute approximate surface area is 187 Å². The van der Waals surface area contributed by atoms with Crippen LogP contribution in [0.1, 0.15) is 29.0 Å². The van der Waals surface area contributed by atoms with Crippen molar-refractivity contribution in [1.29, 1.82) is 0 Å². The van der Waals surface area contributed by atoms with Crippen LogP contribution < -0.4 is 4.74 Å². The Balaban J connectivity index is 1.21. The lowest BCUT2D eigenvalue weighted by Gasteiger charge is -2.32. The number of ether oxygens (including phenoxy) is 1. The smallest absolute Gasteiger partial charge is 0.227 e. The molecule has 1 saturated heterocycles. The van der Waals surface area contributed by atoms with E-state index in [4.69, 9.17) is 9.26 Å². The van der Waals surface area contributed by atoms with Gasteiger partial charge in [-0.25, -0.2) is 0 Å². The average molecular weight is 440 g/mol. The fourth-order valence-electron chi connectivity index (χ4n) is 3.97. The van der Waals surface area contributed by atoms with Gasteiger partial charge < -0.3 is 14.2 Å². The zero-order valence-electron chi connectivity index (χ0n) is 17.9. The van der Waals surface area contributed by atoms with Crippen LogP contribution in [0, 0.1) is 5.92 Å². The van der Waals surface area contributed by atoms with Crippen molar-refractivity contribution < 1.29 is 14.1 Å². The molecule has 1 atom stereocenters. The highest BCUT2D eigenvalue weighted by Crippen LogP contribution is 2.21. The second-order valence-corrected chi connectivity index (χ2v) is 9.25. The first-order valence-corrected chi connectivity index (χ1v) is 11.6. The van der Waals surface area contributed by atoms with E-state index >= 15 is 0 Å². The highest BCUT2D eigenvalue weighted by molar-refractivity contribution is 7.10. The van der Waals surface area contributed by atoms with Crippen molar-refractivity contribution in [2.24, 2.45) is 5.92 Å². The summed E-state index contributed by atoms with van der Waals surface area (Å²) in [5.74, 6) is 1.49. The van der Waals surface area contributed by atoms with Crippen molar-refractivity contribution in [2.45, 2.75) is 32.4 Å². The number of rotatable bonds is 9. The van der Waals surface area contributed by atoms with Gasteiger partial charge in [-0.2, -0.15) is 0 Å². The summed E-state index contributed by atoms with van der Waals surface area (Å²) in [5.41, 5.74) is 2.15. The number of hydrogen-bond acceptors (Lipinski definition) is 6. The van der Waals surface area contributed by atoms with Crippen molar-refractivity contribution in [3.8, 4) is 5.75 Å². The molecule has 1 aliphatic rings. The Morgan fingerprint density at radius 1 is 1.26 bits per heavy atom. The molecule has 1 aromatic carbocycles. The maximum atomic E-state index is 12.6. The van der Waals surface area contributed by atoms with Gasteiger partial charge in [-0.3, -0.25) is 9.69 Å². The van der Waals surface area contributed by atoms with Crippen molar-refractivity contribution in [2.75, 3.05) is 26.7 Å². The molecule has 2 aromatic heterocycles. The number of nitrogens with zero attached hydrogens (tertiary/aromatic N) is 3. The minimum Gasteiger partial charge on any atom is -0.493 e. The predicted molar refractivity (Wildman–Crippen MR) is 121 cm³/mol. The quantitative estimate of drug-likeness (QED) is 0.499. The lowest BCUT2D eigenvalue weighted by molar-refractivity contribution is -0.132. The molecule has 31 heavy (non-hydrogen) atoms. The number of carbonyl (C=O) groups excluding carboxylic acids is 1. The summed E-state index contributed by atoms with van der Waals surface area (Å²) in [6.45, 7) is 3.87. The second-order valence-electron chi connectivity index (χ2n) is 8.22. The molecule has 0 N–H and O–H groups in total. The number of aromatic nitrogens is 1. The standard InChI is InChI=1S/C24H29N3O3S/c1-26(17-21-10-12-30-25-21)15-19-6-8-22(9-7-19)29-18-20-4-2-11-27(16-20)24(28)14-23-5-3-13-31-23/h3,5-10,12-13,20H,2,4,11,14-18H2,1H3/t20-/m0/s1. The first-order valence-electron chi connectivity index (χ1n) is 10.8. The van der Waals surface area contributed by atoms with Crippen LogP contribution in [0.15, 0.2) is 58.6 Å². The minimum absolute atomic E-state index is 0.228. The normalized spacial score (nSPS) is 16.6. The fourth-order valence-corrected chi connectivity index (χ4v) is 4.67. The van der Waals surface area contributed by atoms with Gasteiger partial charge in [0.2, 0.25) is 5.91 Å². The van der Waals surface area contributed by atoms with Crippen molar-refractivity contribution in [3.05, 3.63) is 70.2 Å². The molecular weight excluding hydrogens is 410 g/mol. The zero-order chi connectivity index (χ0) is 21.5. The van der Waals surface area contributed by atoms with E-state index in [0.717, 1.165) is 55.3 Å². The summed E-state index contributed by atoms with van der Waals surface area (Å²) in [5, 5.41) is 5.98. The third-order valence-corrected chi connectivity index (χ3v) is 6.44. The molecule has 0 bridgehead atoms. The van der Waals surface area contributed by atoms with Gasteiger partial charge in [-0.1, -0.05) is 23.4 Å². The molecule has 1 aliphatic heterocycles. The highest BCUT2D eigenvalue weighted by Gasteiger charge is 2.24. The van der Waals surface area contributed by atoms with Gasteiger partial charge >= 0.3 is 0 Å². The fraction of sp³-hybridized carbons (Fsp3) is 0.417. The summed E-state index contributed by atoms with van der Waals surface area (Å²) >= 11 is 1.65. The SMILES string of the molecule is CN(Cc1ccc(OC[C@H]2CCCN(C(=O)Cc3cccs3)C2)cc1)Cc1ccon1. The van der Waals surface area contributed by atoms with Crippen molar-refractivity contribution >= 4 is 17.2 Å². The highest BCUT2D eigenvalue weighted by atomic mass is 32.1.